The van der Waals surface area contributed by atoms with E-state index in [0.717, 1.165) is 32.1 Å². The van der Waals surface area contributed by atoms with E-state index in [-0.39, 0.29) is 0 Å². The predicted octanol–water partition coefficient (Wildman–Crippen LogP) is 3.19. The third kappa shape index (κ3) is 8.24. The fraction of sp³-hybridized carbons (Fsp3) is 0.917. The van der Waals surface area contributed by atoms with Gasteiger partial charge in [0.15, 0.2) is 0 Å². The maximum Gasteiger partial charge on any atom is 0.0619 e. The van der Waals surface area contributed by atoms with Gasteiger partial charge in [-0.05, 0) is 38.8 Å². The largest absolute Gasteiger partial charge is 0.390 e. The van der Waals surface area contributed by atoms with Gasteiger partial charge in [-0.15, -0.1) is 0 Å². The molecule has 2 nitrogen and oxygen atoms in total. The van der Waals surface area contributed by atoms with Crippen LogP contribution in [0.4, 0.5) is 0 Å². The zero-order chi connectivity index (χ0) is 10.9. The monoisotopic (exact) mass is 199 g/mol. The van der Waals surface area contributed by atoms with Crippen LogP contribution in [-0.4, -0.2) is 24.0 Å². The molecule has 0 saturated heterocycles. The van der Waals surface area contributed by atoms with E-state index >= 15 is 0 Å². The minimum atomic E-state index is -0.437. The van der Waals surface area contributed by atoms with Crippen molar-refractivity contribution in [3.8, 4) is 0 Å². The van der Waals surface area contributed by atoms with Gasteiger partial charge in [-0.25, -0.2) is 0 Å². The van der Waals surface area contributed by atoms with Gasteiger partial charge in [-0.2, -0.15) is 0 Å². The summed E-state index contributed by atoms with van der Waals surface area (Å²) in [4.78, 5) is 3.94. The van der Waals surface area contributed by atoms with Gasteiger partial charge in [0.05, 0.1) is 5.60 Å². The van der Waals surface area contributed by atoms with Gasteiger partial charge < -0.3 is 10.1 Å². The first-order valence-electron chi connectivity index (χ1n) is 5.75. The fourth-order valence-corrected chi connectivity index (χ4v) is 1.71. The molecule has 1 N–H and O–H groups in total. The second kappa shape index (κ2) is 7.98. The second-order valence-electron chi connectivity index (χ2n) is 4.29. The van der Waals surface area contributed by atoms with E-state index in [4.69, 9.17) is 0 Å². The van der Waals surface area contributed by atoms with Crippen molar-refractivity contribution in [2.24, 2.45) is 4.99 Å². The van der Waals surface area contributed by atoms with E-state index in [0.29, 0.717) is 0 Å². The number of aliphatic imine (C=N–C) groups is 1. The number of aliphatic hydroxyl groups is 1. The third-order valence-electron chi connectivity index (χ3n) is 2.52. The smallest absolute Gasteiger partial charge is 0.0619 e. The molecule has 0 fully saturated rings. The first-order chi connectivity index (χ1) is 6.62. The maximum absolute atomic E-state index is 9.89. The van der Waals surface area contributed by atoms with E-state index in [9.17, 15) is 5.11 Å². The molecule has 2 heteroatoms. The number of rotatable bonds is 8. The van der Waals surface area contributed by atoms with E-state index in [1.54, 1.807) is 0 Å². The van der Waals surface area contributed by atoms with E-state index in [2.05, 4.69) is 11.9 Å². The van der Waals surface area contributed by atoms with Gasteiger partial charge >= 0.3 is 0 Å². The molecule has 0 aromatic rings. The van der Waals surface area contributed by atoms with Crippen LogP contribution < -0.4 is 0 Å². The first kappa shape index (κ1) is 13.6. The van der Waals surface area contributed by atoms with Crippen molar-refractivity contribution in [3.63, 3.8) is 0 Å². The number of hydrogen-bond donors (Lipinski definition) is 1. The molecule has 1 atom stereocenters. The summed E-state index contributed by atoms with van der Waals surface area (Å²) in [6, 6.07) is 0. The summed E-state index contributed by atoms with van der Waals surface area (Å²) < 4.78 is 0. The molecule has 0 radical (unpaired) electrons. The van der Waals surface area contributed by atoms with Crippen molar-refractivity contribution in [2.75, 3.05) is 7.05 Å². The Labute approximate surface area is 88.4 Å². The summed E-state index contributed by atoms with van der Waals surface area (Å²) in [6.07, 6.45) is 9.48. The fourth-order valence-electron chi connectivity index (χ4n) is 1.71. The SMILES string of the molecule is CCCC(C)(O)CCCCCC=NC. The zero-order valence-corrected chi connectivity index (χ0v) is 9.92. The minimum absolute atomic E-state index is 0.437. The molecular weight excluding hydrogens is 174 g/mol. The highest BCUT2D eigenvalue weighted by atomic mass is 16.3. The third-order valence-corrected chi connectivity index (χ3v) is 2.52. The van der Waals surface area contributed by atoms with Crippen LogP contribution in [0.15, 0.2) is 4.99 Å². The Kier molecular flexibility index (Phi) is 7.77. The molecule has 14 heavy (non-hydrogen) atoms. The molecule has 0 bridgehead atoms. The lowest BCUT2D eigenvalue weighted by molar-refractivity contribution is 0.0387. The molecule has 0 aromatic heterocycles. The Morgan fingerprint density at radius 1 is 1.21 bits per heavy atom. The first-order valence-corrected chi connectivity index (χ1v) is 5.75. The summed E-state index contributed by atoms with van der Waals surface area (Å²) in [7, 11) is 1.81. The summed E-state index contributed by atoms with van der Waals surface area (Å²) in [5.41, 5.74) is -0.437. The van der Waals surface area contributed by atoms with E-state index in [1.807, 2.05) is 20.2 Å². The lowest BCUT2D eigenvalue weighted by Gasteiger charge is -2.22. The van der Waals surface area contributed by atoms with Gasteiger partial charge in [-0.3, -0.25) is 0 Å². The van der Waals surface area contributed by atoms with Crippen LogP contribution in [0.25, 0.3) is 0 Å². The van der Waals surface area contributed by atoms with Gasteiger partial charge in [0.1, 0.15) is 0 Å². The Morgan fingerprint density at radius 3 is 2.50 bits per heavy atom. The second-order valence-corrected chi connectivity index (χ2v) is 4.29. The molecule has 84 valence electrons. The minimum Gasteiger partial charge on any atom is -0.390 e. The average Bonchev–Trinajstić information content (AvgIpc) is 2.11. The van der Waals surface area contributed by atoms with Gasteiger partial charge in [0.2, 0.25) is 0 Å². The Bertz CT molecular complexity index is 152. The van der Waals surface area contributed by atoms with E-state index < -0.39 is 5.60 Å². The molecule has 0 aliphatic carbocycles. The van der Waals surface area contributed by atoms with Crippen molar-refractivity contribution < 1.29 is 5.11 Å². The summed E-state index contributed by atoms with van der Waals surface area (Å²) >= 11 is 0. The van der Waals surface area contributed by atoms with Crippen LogP contribution in [0.5, 0.6) is 0 Å². The molecular formula is C12H25NO. The van der Waals surface area contributed by atoms with Crippen molar-refractivity contribution in [3.05, 3.63) is 0 Å². The van der Waals surface area contributed by atoms with Crippen LogP contribution in [0.3, 0.4) is 0 Å². The van der Waals surface area contributed by atoms with Crippen LogP contribution in [-0.2, 0) is 0 Å². The standard InChI is InChI=1S/C12H25NO/c1-4-9-12(2,14)10-7-5-6-8-11-13-3/h11,14H,4-10H2,1-3H3. The van der Waals surface area contributed by atoms with Gasteiger partial charge in [0, 0.05) is 7.05 Å². The molecule has 0 aromatic carbocycles. The van der Waals surface area contributed by atoms with Crippen LogP contribution >= 0.6 is 0 Å². The molecule has 0 rings (SSSR count). The highest BCUT2D eigenvalue weighted by Gasteiger charge is 2.17. The molecule has 0 aliphatic rings. The average molecular weight is 199 g/mol. The summed E-state index contributed by atoms with van der Waals surface area (Å²) in [6.45, 7) is 4.07. The van der Waals surface area contributed by atoms with Gasteiger partial charge in [-0.1, -0.05) is 26.2 Å². The quantitative estimate of drug-likeness (QED) is 0.472. The molecule has 0 saturated carbocycles. The summed E-state index contributed by atoms with van der Waals surface area (Å²) in [5, 5.41) is 9.89. The highest BCUT2D eigenvalue weighted by Crippen LogP contribution is 2.19. The molecule has 1 unspecified atom stereocenters. The van der Waals surface area contributed by atoms with Gasteiger partial charge in [0.25, 0.3) is 0 Å². The summed E-state index contributed by atoms with van der Waals surface area (Å²) in [5.74, 6) is 0. The van der Waals surface area contributed by atoms with Crippen molar-refractivity contribution in [2.45, 2.75) is 64.4 Å². The topological polar surface area (TPSA) is 32.6 Å². The van der Waals surface area contributed by atoms with Crippen LogP contribution in [0.1, 0.15) is 58.8 Å². The Morgan fingerprint density at radius 2 is 1.93 bits per heavy atom. The van der Waals surface area contributed by atoms with Crippen molar-refractivity contribution >= 4 is 6.21 Å². The zero-order valence-electron chi connectivity index (χ0n) is 9.92. The normalized spacial score (nSPS) is 16.0. The van der Waals surface area contributed by atoms with Crippen molar-refractivity contribution in [1.29, 1.82) is 0 Å². The molecule has 0 spiro atoms. The highest BCUT2D eigenvalue weighted by molar-refractivity contribution is 5.56. The predicted molar refractivity (Wildman–Crippen MR) is 63.0 cm³/mol. The van der Waals surface area contributed by atoms with Crippen LogP contribution in [0, 0.1) is 0 Å². The molecule has 0 aliphatic heterocycles. The van der Waals surface area contributed by atoms with E-state index in [1.165, 1.54) is 12.8 Å². The lowest BCUT2D eigenvalue weighted by atomic mass is 9.93. The number of hydrogen-bond acceptors (Lipinski definition) is 2. The Hall–Kier alpha value is -0.370. The van der Waals surface area contributed by atoms with Crippen LogP contribution in [0.2, 0.25) is 0 Å². The van der Waals surface area contributed by atoms with Crippen molar-refractivity contribution in [1.82, 2.24) is 0 Å². The number of unbranched alkanes of at least 4 members (excludes halogenated alkanes) is 3. The number of nitrogens with zero attached hydrogens (tertiary/aromatic N) is 1. The lowest BCUT2D eigenvalue weighted by Crippen LogP contribution is -2.23. The Balaban J connectivity index is 3.34. The molecule has 0 amide bonds. The molecule has 0 heterocycles. The maximum atomic E-state index is 9.89.